The molecule has 4 aliphatic rings. The van der Waals surface area contributed by atoms with Crippen LogP contribution in [0, 0.1) is 5.92 Å². The van der Waals surface area contributed by atoms with Gasteiger partial charge in [-0.25, -0.2) is 0 Å². The standard InChI is InChI=1S/C12H12O3/c13-10-3-2-9-8-4-7-14-11(8)5-1-6-12(10,11)15-9/h2-4,7-9H,1,5-6H2. The molecule has 4 atom stereocenters. The fourth-order valence-corrected chi connectivity index (χ4v) is 3.79. The van der Waals surface area contributed by atoms with E-state index in [0.29, 0.717) is 0 Å². The minimum Gasteiger partial charge on any atom is -0.491 e. The highest BCUT2D eigenvalue weighted by atomic mass is 16.6. The average Bonchev–Trinajstić information content (AvgIpc) is 2.82. The van der Waals surface area contributed by atoms with Crippen LogP contribution >= 0.6 is 0 Å². The monoisotopic (exact) mass is 204 g/mol. The Morgan fingerprint density at radius 1 is 1.33 bits per heavy atom. The van der Waals surface area contributed by atoms with Crippen LogP contribution in [0.25, 0.3) is 0 Å². The second-order valence-corrected chi connectivity index (χ2v) is 4.85. The minimum absolute atomic E-state index is 0.0433. The number of rotatable bonds is 0. The Bertz CT molecular complexity index is 411. The molecule has 0 aromatic rings. The van der Waals surface area contributed by atoms with Gasteiger partial charge in [-0.3, -0.25) is 4.79 Å². The summed E-state index contributed by atoms with van der Waals surface area (Å²) in [6.07, 6.45) is 10.2. The van der Waals surface area contributed by atoms with Crippen LogP contribution in [0.1, 0.15) is 19.3 Å². The van der Waals surface area contributed by atoms with Crippen LogP contribution in [0.15, 0.2) is 24.5 Å². The first-order chi connectivity index (χ1) is 7.29. The number of fused-ring (bicyclic) bond motifs is 2. The molecule has 3 heteroatoms. The maximum Gasteiger partial charge on any atom is 0.191 e. The minimum atomic E-state index is -0.666. The molecule has 3 heterocycles. The molecule has 0 radical (unpaired) electrons. The third-order valence-corrected chi connectivity index (χ3v) is 4.39. The molecule has 0 N–H and O–H groups in total. The van der Waals surface area contributed by atoms with Crippen molar-refractivity contribution >= 4 is 5.78 Å². The first kappa shape index (κ1) is 8.11. The van der Waals surface area contributed by atoms with Crippen molar-refractivity contribution in [2.24, 2.45) is 5.92 Å². The molecule has 15 heavy (non-hydrogen) atoms. The Kier molecular flexibility index (Phi) is 1.18. The van der Waals surface area contributed by atoms with Gasteiger partial charge in [-0.15, -0.1) is 0 Å². The molecule has 3 nitrogen and oxygen atoms in total. The summed E-state index contributed by atoms with van der Waals surface area (Å²) in [5.74, 6) is 0.338. The number of hydrogen-bond donors (Lipinski definition) is 0. The Labute approximate surface area is 87.7 Å². The quantitative estimate of drug-likeness (QED) is 0.597. The molecule has 3 aliphatic heterocycles. The number of carbonyl (C=O) groups excluding carboxylic acids is 1. The largest absolute Gasteiger partial charge is 0.491 e. The molecular formula is C12H12O3. The number of ketones is 1. The smallest absolute Gasteiger partial charge is 0.191 e. The van der Waals surface area contributed by atoms with Gasteiger partial charge in [0, 0.05) is 0 Å². The van der Waals surface area contributed by atoms with Crippen LogP contribution in [-0.2, 0) is 14.3 Å². The lowest BCUT2D eigenvalue weighted by Crippen LogP contribution is -2.54. The third kappa shape index (κ3) is 0.642. The number of carbonyl (C=O) groups is 1. The van der Waals surface area contributed by atoms with Gasteiger partial charge >= 0.3 is 0 Å². The molecule has 0 aromatic carbocycles. The Balaban J connectivity index is 1.98. The van der Waals surface area contributed by atoms with Crippen LogP contribution < -0.4 is 0 Å². The van der Waals surface area contributed by atoms with E-state index in [1.54, 1.807) is 12.3 Å². The molecule has 4 unspecified atom stereocenters. The van der Waals surface area contributed by atoms with Gasteiger partial charge in [0.15, 0.2) is 17.0 Å². The van der Waals surface area contributed by atoms with E-state index in [4.69, 9.17) is 9.47 Å². The van der Waals surface area contributed by atoms with Crippen molar-refractivity contribution in [3.05, 3.63) is 24.5 Å². The average molecular weight is 204 g/mol. The lowest BCUT2D eigenvalue weighted by atomic mass is 9.77. The van der Waals surface area contributed by atoms with Crippen molar-refractivity contribution in [3.63, 3.8) is 0 Å². The van der Waals surface area contributed by atoms with Crippen molar-refractivity contribution < 1.29 is 14.3 Å². The summed E-state index contributed by atoms with van der Waals surface area (Å²) in [4.78, 5) is 12.1. The van der Waals surface area contributed by atoms with Crippen molar-refractivity contribution in [1.82, 2.24) is 0 Å². The van der Waals surface area contributed by atoms with Gasteiger partial charge in [0.25, 0.3) is 0 Å². The zero-order valence-electron chi connectivity index (χ0n) is 8.31. The zero-order chi connectivity index (χ0) is 10.1. The summed E-state index contributed by atoms with van der Waals surface area (Å²) >= 11 is 0. The van der Waals surface area contributed by atoms with E-state index in [0.717, 1.165) is 19.3 Å². The van der Waals surface area contributed by atoms with Crippen molar-refractivity contribution in [2.75, 3.05) is 0 Å². The molecule has 0 amide bonds. The molecule has 0 aromatic heterocycles. The normalized spacial score (nSPS) is 54.3. The molecule has 78 valence electrons. The molecule has 4 rings (SSSR count). The predicted molar refractivity (Wildman–Crippen MR) is 52.0 cm³/mol. The molecule has 2 fully saturated rings. The first-order valence-corrected chi connectivity index (χ1v) is 5.53. The van der Waals surface area contributed by atoms with Gasteiger partial charge in [0.1, 0.15) is 0 Å². The molecule has 1 saturated carbocycles. The topological polar surface area (TPSA) is 35.5 Å². The number of ether oxygens (including phenoxy) is 2. The lowest BCUT2D eigenvalue weighted by molar-refractivity contribution is -0.155. The van der Waals surface area contributed by atoms with E-state index >= 15 is 0 Å². The van der Waals surface area contributed by atoms with E-state index < -0.39 is 5.60 Å². The highest BCUT2D eigenvalue weighted by Gasteiger charge is 2.73. The fourth-order valence-electron chi connectivity index (χ4n) is 3.79. The van der Waals surface area contributed by atoms with Gasteiger partial charge in [0.05, 0.1) is 18.3 Å². The first-order valence-electron chi connectivity index (χ1n) is 5.53. The maximum absolute atomic E-state index is 12.1. The summed E-state index contributed by atoms with van der Waals surface area (Å²) in [7, 11) is 0. The molecule has 1 aliphatic carbocycles. The van der Waals surface area contributed by atoms with Gasteiger partial charge in [-0.05, 0) is 31.4 Å². The second-order valence-electron chi connectivity index (χ2n) is 4.85. The number of hydrogen-bond acceptors (Lipinski definition) is 3. The summed E-state index contributed by atoms with van der Waals surface area (Å²) in [5.41, 5.74) is -1.04. The SMILES string of the molecule is O=C1C=CC2OC13CCCC31OC=CC21. The van der Waals surface area contributed by atoms with Crippen LogP contribution in [-0.4, -0.2) is 23.1 Å². The molecule has 2 bridgehead atoms. The lowest BCUT2D eigenvalue weighted by Gasteiger charge is -2.36. The third-order valence-electron chi connectivity index (χ3n) is 4.39. The predicted octanol–water partition coefficient (Wildman–Crippen LogP) is 1.35. The molecule has 2 spiro atoms. The Hall–Kier alpha value is -1.09. The van der Waals surface area contributed by atoms with Crippen LogP contribution in [0.5, 0.6) is 0 Å². The highest BCUT2D eigenvalue weighted by molar-refractivity contribution is 6.00. The van der Waals surface area contributed by atoms with Gasteiger partial charge in [-0.2, -0.15) is 0 Å². The van der Waals surface area contributed by atoms with E-state index in [1.165, 1.54) is 0 Å². The Morgan fingerprint density at radius 3 is 3.20 bits per heavy atom. The van der Waals surface area contributed by atoms with Crippen molar-refractivity contribution in [2.45, 2.75) is 36.6 Å². The second kappa shape index (κ2) is 2.19. The van der Waals surface area contributed by atoms with Gasteiger partial charge < -0.3 is 9.47 Å². The Morgan fingerprint density at radius 2 is 2.27 bits per heavy atom. The maximum atomic E-state index is 12.1. The van der Waals surface area contributed by atoms with E-state index in [2.05, 4.69) is 6.08 Å². The summed E-state index contributed by atoms with van der Waals surface area (Å²) in [6, 6.07) is 0. The summed E-state index contributed by atoms with van der Waals surface area (Å²) < 4.78 is 11.8. The summed E-state index contributed by atoms with van der Waals surface area (Å²) in [6.45, 7) is 0. The zero-order valence-corrected chi connectivity index (χ0v) is 8.31. The van der Waals surface area contributed by atoms with Gasteiger partial charge in [0.2, 0.25) is 0 Å². The van der Waals surface area contributed by atoms with E-state index in [1.807, 2.05) is 6.08 Å². The molecular weight excluding hydrogens is 192 g/mol. The van der Waals surface area contributed by atoms with Crippen molar-refractivity contribution in [3.8, 4) is 0 Å². The van der Waals surface area contributed by atoms with Crippen LogP contribution in [0.3, 0.4) is 0 Å². The van der Waals surface area contributed by atoms with Gasteiger partial charge in [-0.1, -0.05) is 6.08 Å². The van der Waals surface area contributed by atoms with E-state index in [9.17, 15) is 4.79 Å². The fraction of sp³-hybridized carbons (Fsp3) is 0.583. The van der Waals surface area contributed by atoms with Crippen LogP contribution in [0.4, 0.5) is 0 Å². The van der Waals surface area contributed by atoms with Crippen LogP contribution in [0.2, 0.25) is 0 Å². The van der Waals surface area contributed by atoms with Crippen molar-refractivity contribution in [1.29, 1.82) is 0 Å². The summed E-state index contributed by atoms with van der Waals surface area (Å²) in [5, 5.41) is 0. The highest BCUT2D eigenvalue weighted by Crippen LogP contribution is 2.60. The molecule has 1 saturated heterocycles. The van der Waals surface area contributed by atoms with E-state index in [-0.39, 0.29) is 23.4 Å².